The first kappa shape index (κ1) is 14.4. The molecule has 0 heterocycles. The molecule has 1 saturated carbocycles. The summed E-state index contributed by atoms with van der Waals surface area (Å²) in [5.74, 6) is 0.923. The molecule has 1 fully saturated rings. The Hall–Kier alpha value is -1.02. The number of anilines is 1. The van der Waals surface area contributed by atoms with Gasteiger partial charge in [0.15, 0.2) is 0 Å². The van der Waals surface area contributed by atoms with Gasteiger partial charge in [-0.1, -0.05) is 6.07 Å². The van der Waals surface area contributed by atoms with Crippen molar-refractivity contribution in [2.45, 2.75) is 59.0 Å². The monoisotopic (exact) mass is 260 g/mol. The van der Waals surface area contributed by atoms with Crippen LogP contribution in [0.3, 0.4) is 0 Å². The highest BCUT2D eigenvalue weighted by molar-refractivity contribution is 5.51. The van der Waals surface area contributed by atoms with Crippen LogP contribution in [0.2, 0.25) is 0 Å². The Morgan fingerprint density at radius 3 is 2.42 bits per heavy atom. The molecule has 0 radical (unpaired) electrons. The van der Waals surface area contributed by atoms with Crippen molar-refractivity contribution in [3.63, 3.8) is 0 Å². The summed E-state index contributed by atoms with van der Waals surface area (Å²) in [6.45, 7) is 10.1. The van der Waals surface area contributed by atoms with Gasteiger partial charge >= 0.3 is 0 Å². The molecule has 1 atom stereocenters. The fourth-order valence-corrected chi connectivity index (χ4v) is 2.63. The minimum atomic E-state index is 0.234. The van der Waals surface area contributed by atoms with Gasteiger partial charge in [-0.25, -0.2) is 0 Å². The predicted molar refractivity (Wildman–Crippen MR) is 83.7 cm³/mol. The van der Waals surface area contributed by atoms with Crippen LogP contribution in [-0.2, 0) is 6.42 Å². The summed E-state index contributed by atoms with van der Waals surface area (Å²) in [5, 5.41) is 0. The van der Waals surface area contributed by atoms with Crippen LogP contribution in [0.25, 0.3) is 0 Å². The number of rotatable bonds is 6. The van der Waals surface area contributed by atoms with Crippen molar-refractivity contribution >= 4 is 5.69 Å². The van der Waals surface area contributed by atoms with Crippen LogP contribution in [0.5, 0.6) is 0 Å². The topological polar surface area (TPSA) is 29.3 Å². The van der Waals surface area contributed by atoms with Gasteiger partial charge in [0.05, 0.1) is 0 Å². The van der Waals surface area contributed by atoms with Crippen molar-refractivity contribution in [1.82, 2.24) is 0 Å². The van der Waals surface area contributed by atoms with Gasteiger partial charge in [0, 0.05) is 24.3 Å². The summed E-state index contributed by atoms with van der Waals surface area (Å²) in [4.78, 5) is 2.54. The van der Waals surface area contributed by atoms with E-state index in [0.29, 0.717) is 6.04 Å². The van der Waals surface area contributed by atoms with E-state index in [1.165, 1.54) is 36.2 Å². The quantitative estimate of drug-likeness (QED) is 0.848. The molecule has 0 aliphatic heterocycles. The first-order valence-electron chi connectivity index (χ1n) is 7.59. The van der Waals surface area contributed by atoms with E-state index in [0.717, 1.165) is 12.3 Å². The van der Waals surface area contributed by atoms with E-state index in [9.17, 15) is 0 Å². The van der Waals surface area contributed by atoms with Crippen molar-refractivity contribution in [3.8, 4) is 0 Å². The lowest BCUT2D eigenvalue weighted by molar-refractivity contribution is 0.644. The van der Waals surface area contributed by atoms with Crippen LogP contribution in [0.4, 0.5) is 5.69 Å². The van der Waals surface area contributed by atoms with Gasteiger partial charge in [-0.15, -0.1) is 0 Å². The van der Waals surface area contributed by atoms with Gasteiger partial charge < -0.3 is 10.6 Å². The highest BCUT2D eigenvalue weighted by atomic mass is 15.2. The largest absolute Gasteiger partial charge is 0.369 e. The van der Waals surface area contributed by atoms with Crippen molar-refractivity contribution in [2.75, 3.05) is 11.4 Å². The third-order valence-electron chi connectivity index (χ3n) is 3.97. The van der Waals surface area contributed by atoms with Gasteiger partial charge in [-0.05, 0) is 76.1 Å². The number of hydrogen-bond donors (Lipinski definition) is 1. The number of nitrogens with two attached hydrogens (primary N) is 1. The standard InChI is InChI=1S/C17H28N2/c1-12(2)19(11-15-5-6-15)17-8-7-16(10-14(4)18)13(3)9-17/h7-9,12,14-15H,5-6,10-11,18H2,1-4H3. The smallest absolute Gasteiger partial charge is 0.0371 e. The van der Waals surface area contributed by atoms with Crippen LogP contribution in [0.15, 0.2) is 18.2 Å². The number of hydrogen-bond acceptors (Lipinski definition) is 2. The Bertz CT molecular complexity index is 419. The molecule has 2 heteroatoms. The number of nitrogens with zero attached hydrogens (tertiary/aromatic N) is 1. The maximum Gasteiger partial charge on any atom is 0.0371 e. The Morgan fingerprint density at radius 1 is 1.26 bits per heavy atom. The molecular formula is C17H28N2. The summed E-state index contributed by atoms with van der Waals surface area (Å²) >= 11 is 0. The molecule has 0 bridgehead atoms. The van der Waals surface area contributed by atoms with Gasteiger partial charge in [-0.2, -0.15) is 0 Å². The summed E-state index contributed by atoms with van der Waals surface area (Å²) in [5.41, 5.74) is 10.0. The van der Waals surface area contributed by atoms with E-state index in [2.05, 4.69) is 50.8 Å². The van der Waals surface area contributed by atoms with E-state index in [4.69, 9.17) is 5.73 Å². The van der Waals surface area contributed by atoms with Crippen molar-refractivity contribution < 1.29 is 0 Å². The van der Waals surface area contributed by atoms with Crippen LogP contribution >= 0.6 is 0 Å². The zero-order valence-corrected chi connectivity index (χ0v) is 12.8. The van der Waals surface area contributed by atoms with Gasteiger partial charge in [0.2, 0.25) is 0 Å². The van der Waals surface area contributed by atoms with Crippen molar-refractivity contribution in [2.24, 2.45) is 11.7 Å². The van der Waals surface area contributed by atoms with Gasteiger partial charge in [0.1, 0.15) is 0 Å². The normalized spacial score (nSPS) is 16.7. The molecular weight excluding hydrogens is 232 g/mol. The molecule has 2 N–H and O–H groups in total. The Morgan fingerprint density at radius 2 is 1.95 bits per heavy atom. The third-order valence-corrected chi connectivity index (χ3v) is 3.97. The Kier molecular flexibility index (Phi) is 4.51. The molecule has 0 spiro atoms. The molecule has 106 valence electrons. The molecule has 1 aromatic rings. The molecule has 2 rings (SSSR count). The highest BCUT2D eigenvalue weighted by Gasteiger charge is 2.25. The maximum absolute atomic E-state index is 5.90. The number of benzene rings is 1. The van der Waals surface area contributed by atoms with Gasteiger partial charge in [-0.3, -0.25) is 0 Å². The maximum atomic E-state index is 5.90. The van der Waals surface area contributed by atoms with E-state index < -0.39 is 0 Å². The zero-order chi connectivity index (χ0) is 14.0. The van der Waals surface area contributed by atoms with Crippen molar-refractivity contribution in [1.29, 1.82) is 0 Å². The molecule has 1 unspecified atom stereocenters. The molecule has 1 aromatic carbocycles. The highest BCUT2D eigenvalue weighted by Crippen LogP contribution is 2.32. The van der Waals surface area contributed by atoms with E-state index >= 15 is 0 Å². The first-order chi connectivity index (χ1) is 8.97. The second-order valence-electron chi connectivity index (χ2n) is 6.48. The second-order valence-corrected chi connectivity index (χ2v) is 6.48. The molecule has 0 amide bonds. The van der Waals surface area contributed by atoms with Crippen LogP contribution in [-0.4, -0.2) is 18.6 Å². The van der Waals surface area contributed by atoms with Crippen LogP contribution in [0.1, 0.15) is 44.7 Å². The molecule has 1 aliphatic carbocycles. The summed E-state index contributed by atoms with van der Waals surface area (Å²) in [7, 11) is 0. The zero-order valence-electron chi connectivity index (χ0n) is 12.8. The lowest BCUT2D eigenvalue weighted by Gasteiger charge is -2.30. The molecule has 0 saturated heterocycles. The molecule has 0 aromatic heterocycles. The SMILES string of the molecule is Cc1cc(N(CC2CC2)C(C)C)ccc1CC(C)N. The van der Waals surface area contributed by atoms with Gasteiger partial charge in [0.25, 0.3) is 0 Å². The average molecular weight is 260 g/mol. The minimum absolute atomic E-state index is 0.234. The summed E-state index contributed by atoms with van der Waals surface area (Å²) in [6, 6.07) is 7.67. The molecule has 2 nitrogen and oxygen atoms in total. The lowest BCUT2D eigenvalue weighted by atomic mass is 10.0. The fourth-order valence-electron chi connectivity index (χ4n) is 2.63. The van der Waals surface area contributed by atoms with Crippen molar-refractivity contribution in [3.05, 3.63) is 29.3 Å². The number of aryl methyl sites for hydroxylation is 1. The second kappa shape index (κ2) is 5.96. The average Bonchev–Trinajstić information content (AvgIpc) is 3.12. The Labute approximate surface area is 118 Å². The summed E-state index contributed by atoms with van der Waals surface area (Å²) in [6.07, 6.45) is 3.78. The third kappa shape index (κ3) is 3.97. The van der Waals surface area contributed by atoms with E-state index in [-0.39, 0.29) is 6.04 Å². The van der Waals surface area contributed by atoms with E-state index in [1.54, 1.807) is 0 Å². The summed E-state index contributed by atoms with van der Waals surface area (Å²) < 4.78 is 0. The predicted octanol–water partition coefficient (Wildman–Crippen LogP) is 3.51. The minimum Gasteiger partial charge on any atom is -0.369 e. The first-order valence-corrected chi connectivity index (χ1v) is 7.59. The lowest BCUT2D eigenvalue weighted by Crippen LogP contribution is -2.32. The fraction of sp³-hybridized carbons (Fsp3) is 0.647. The van der Waals surface area contributed by atoms with E-state index in [1.807, 2.05) is 0 Å². The molecule has 19 heavy (non-hydrogen) atoms. The molecule has 1 aliphatic rings. The Balaban J connectivity index is 2.15. The van der Waals surface area contributed by atoms with Crippen LogP contribution < -0.4 is 10.6 Å². The van der Waals surface area contributed by atoms with Crippen LogP contribution in [0, 0.1) is 12.8 Å².